The highest BCUT2D eigenvalue weighted by Crippen LogP contribution is 2.20. The molecule has 0 radical (unpaired) electrons. The van der Waals surface area contributed by atoms with Crippen LogP contribution in [0.15, 0.2) is 30.5 Å². The second-order valence-corrected chi connectivity index (χ2v) is 7.38. The second-order valence-electron chi connectivity index (χ2n) is 7.38. The first-order valence-electron chi connectivity index (χ1n) is 9.62. The minimum Gasteiger partial charge on any atom is -0.372 e. The summed E-state index contributed by atoms with van der Waals surface area (Å²) in [7, 11) is 0. The molecule has 1 aromatic rings. The van der Waals surface area contributed by atoms with E-state index in [1.54, 1.807) is 12.3 Å². The number of carbonyl (C=O) groups excluding carboxylic acids is 2. The molecule has 2 amide bonds. The lowest BCUT2D eigenvalue weighted by atomic mass is 9.94. The Morgan fingerprint density at radius 3 is 2.59 bits per heavy atom. The van der Waals surface area contributed by atoms with E-state index in [1.807, 2.05) is 19.9 Å². The van der Waals surface area contributed by atoms with Crippen LogP contribution in [-0.4, -0.2) is 48.6 Å². The van der Waals surface area contributed by atoms with Crippen molar-refractivity contribution in [1.82, 2.24) is 10.3 Å². The molecule has 7 nitrogen and oxygen atoms in total. The predicted molar refractivity (Wildman–Crippen MR) is 105 cm³/mol. The number of carbonyl (C=O) groups is 2. The molecule has 0 bridgehead atoms. The number of aromatic nitrogens is 1. The molecule has 3 rings (SSSR count). The van der Waals surface area contributed by atoms with E-state index in [4.69, 9.17) is 4.74 Å². The number of hydrogen-bond donors (Lipinski definition) is 2. The third-order valence-electron chi connectivity index (χ3n) is 4.88. The molecular weight excluding hydrogens is 344 g/mol. The Labute approximate surface area is 160 Å². The van der Waals surface area contributed by atoms with Crippen molar-refractivity contribution in [2.75, 3.05) is 29.9 Å². The number of hydrogen-bond acceptors (Lipinski definition) is 5. The molecule has 1 saturated heterocycles. The summed E-state index contributed by atoms with van der Waals surface area (Å²) in [5.74, 6) is -0.0233. The van der Waals surface area contributed by atoms with Crippen molar-refractivity contribution in [1.29, 1.82) is 0 Å². The topological polar surface area (TPSA) is 83.6 Å². The van der Waals surface area contributed by atoms with Gasteiger partial charge in [0.2, 0.25) is 0 Å². The molecule has 3 unspecified atom stereocenters. The first-order chi connectivity index (χ1) is 13.0. The number of nitrogens with zero attached hydrogens (tertiary/aromatic N) is 2. The van der Waals surface area contributed by atoms with Gasteiger partial charge < -0.3 is 20.3 Å². The van der Waals surface area contributed by atoms with Crippen molar-refractivity contribution in [3.05, 3.63) is 30.5 Å². The number of rotatable bonds is 4. The molecular formula is C20H28N4O3. The van der Waals surface area contributed by atoms with Crippen LogP contribution in [0.3, 0.4) is 0 Å². The standard InChI is InChI=1S/C20H28N4O3/c1-14-12-24(13-15(2)27-14)18-9-8-17(11-21-18)23-20(26)19(25)22-10-16-6-4-3-5-7-16/h3-4,8-9,11,14-16H,5-7,10,12-13H2,1-2H3,(H,22,25)(H,23,26). The van der Waals surface area contributed by atoms with Crippen molar-refractivity contribution < 1.29 is 14.3 Å². The van der Waals surface area contributed by atoms with Crippen LogP contribution in [0.2, 0.25) is 0 Å². The van der Waals surface area contributed by atoms with Gasteiger partial charge in [-0.1, -0.05) is 12.2 Å². The minimum atomic E-state index is -0.662. The van der Waals surface area contributed by atoms with Gasteiger partial charge in [0.15, 0.2) is 0 Å². The lowest BCUT2D eigenvalue weighted by Gasteiger charge is -2.36. The Morgan fingerprint density at radius 1 is 1.19 bits per heavy atom. The molecule has 0 aromatic carbocycles. The summed E-state index contributed by atoms with van der Waals surface area (Å²) >= 11 is 0. The molecule has 2 heterocycles. The Morgan fingerprint density at radius 2 is 1.96 bits per heavy atom. The molecule has 1 aliphatic heterocycles. The highest BCUT2D eigenvalue weighted by Gasteiger charge is 2.23. The number of amides is 2. The highest BCUT2D eigenvalue weighted by atomic mass is 16.5. The van der Waals surface area contributed by atoms with E-state index >= 15 is 0 Å². The lowest BCUT2D eigenvalue weighted by Crippen LogP contribution is -2.45. The summed E-state index contributed by atoms with van der Waals surface area (Å²) in [6, 6.07) is 3.62. The monoisotopic (exact) mass is 372 g/mol. The van der Waals surface area contributed by atoms with Crippen molar-refractivity contribution in [3.8, 4) is 0 Å². The van der Waals surface area contributed by atoms with Gasteiger partial charge in [0, 0.05) is 19.6 Å². The van der Waals surface area contributed by atoms with Crippen LogP contribution in [0.4, 0.5) is 11.5 Å². The summed E-state index contributed by atoms with van der Waals surface area (Å²) in [6.45, 7) is 6.17. The zero-order valence-electron chi connectivity index (χ0n) is 16.0. The normalized spacial score (nSPS) is 25.1. The van der Waals surface area contributed by atoms with E-state index < -0.39 is 11.8 Å². The zero-order valence-corrected chi connectivity index (χ0v) is 16.0. The molecule has 3 atom stereocenters. The van der Waals surface area contributed by atoms with Gasteiger partial charge in [-0.15, -0.1) is 0 Å². The number of nitrogens with one attached hydrogen (secondary N) is 2. The third kappa shape index (κ3) is 5.53. The SMILES string of the molecule is CC1CN(c2ccc(NC(=O)C(=O)NCC3CC=CCC3)cn2)CC(C)O1. The molecule has 0 saturated carbocycles. The number of pyridine rings is 1. The van der Waals surface area contributed by atoms with E-state index in [9.17, 15) is 9.59 Å². The first kappa shape index (κ1) is 19.4. The molecule has 7 heteroatoms. The second kappa shape index (κ2) is 8.99. The zero-order chi connectivity index (χ0) is 19.2. The van der Waals surface area contributed by atoms with E-state index in [0.717, 1.165) is 38.2 Å². The van der Waals surface area contributed by atoms with Gasteiger partial charge in [-0.3, -0.25) is 9.59 Å². The van der Waals surface area contributed by atoms with Gasteiger partial charge in [-0.2, -0.15) is 0 Å². The largest absolute Gasteiger partial charge is 0.372 e. The van der Waals surface area contributed by atoms with Crippen LogP contribution >= 0.6 is 0 Å². The van der Waals surface area contributed by atoms with E-state index in [2.05, 4.69) is 32.7 Å². The fourth-order valence-corrected chi connectivity index (χ4v) is 3.56. The average Bonchev–Trinajstić information content (AvgIpc) is 2.66. The number of anilines is 2. The van der Waals surface area contributed by atoms with Crippen LogP contribution in [-0.2, 0) is 14.3 Å². The molecule has 1 aliphatic carbocycles. The summed E-state index contributed by atoms with van der Waals surface area (Å²) in [4.78, 5) is 30.6. The molecule has 0 spiro atoms. The Kier molecular flexibility index (Phi) is 6.45. The van der Waals surface area contributed by atoms with Gasteiger partial charge in [-0.05, 0) is 51.2 Å². The van der Waals surface area contributed by atoms with Gasteiger partial charge in [0.25, 0.3) is 0 Å². The van der Waals surface area contributed by atoms with Gasteiger partial charge in [0.1, 0.15) is 5.82 Å². The smallest absolute Gasteiger partial charge is 0.313 e. The van der Waals surface area contributed by atoms with Gasteiger partial charge in [0.05, 0.1) is 24.1 Å². The van der Waals surface area contributed by atoms with E-state index in [1.165, 1.54) is 0 Å². The summed E-state index contributed by atoms with van der Waals surface area (Å²) < 4.78 is 5.73. The highest BCUT2D eigenvalue weighted by molar-refractivity contribution is 6.39. The van der Waals surface area contributed by atoms with Crippen molar-refractivity contribution in [3.63, 3.8) is 0 Å². The van der Waals surface area contributed by atoms with Crippen LogP contribution < -0.4 is 15.5 Å². The van der Waals surface area contributed by atoms with Crippen LogP contribution in [0.25, 0.3) is 0 Å². The van der Waals surface area contributed by atoms with Crippen LogP contribution in [0.5, 0.6) is 0 Å². The fraction of sp³-hybridized carbons (Fsp3) is 0.550. The third-order valence-corrected chi connectivity index (χ3v) is 4.88. The predicted octanol–water partition coefficient (Wildman–Crippen LogP) is 2.11. The molecule has 2 N–H and O–H groups in total. The maximum absolute atomic E-state index is 12.1. The van der Waals surface area contributed by atoms with Crippen LogP contribution in [0, 0.1) is 5.92 Å². The molecule has 146 valence electrons. The summed E-state index contributed by atoms with van der Waals surface area (Å²) in [5, 5.41) is 5.32. The summed E-state index contributed by atoms with van der Waals surface area (Å²) in [5.41, 5.74) is 0.508. The average molecular weight is 372 g/mol. The quantitative estimate of drug-likeness (QED) is 0.625. The Bertz CT molecular complexity index is 679. The van der Waals surface area contributed by atoms with Crippen LogP contribution in [0.1, 0.15) is 33.1 Å². The van der Waals surface area contributed by atoms with E-state index in [0.29, 0.717) is 18.2 Å². The van der Waals surface area contributed by atoms with Crippen molar-refractivity contribution in [2.24, 2.45) is 5.92 Å². The van der Waals surface area contributed by atoms with Gasteiger partial charge >= 0.3 is 11.8 Å². The number of morpholine rings is 1. The first-order valence-corrected chi connectivity index (χ1v) is 9.62. The molecule has 2 aliphatic rings. The molecule has 1 aromatic heterocycles. The molecule has 1 fully saturated rings. The maximum atomic E-state index is 12.1. The maximum Gasteiger partial charge on any atom is 0.313 e. The summed E-state index contributed by atoms with van der Waals surface area (Å²) in [6.07, 6.45) is 9.19. The Hall–Kier alpha value is -2.41. The fourth-order valence-electron chi connectivity index (χ4n) is 3.56. The van der Waals surface area contributed by atoms with Crippen molar-refractivity contribution >= 4 is 23.3 Å². The minimum absolute atomic E-state index is 0.151. The lowest BCUT2D eigenvalue weighted by molar-refractivity contribution is -0.136. The molecule has 27 heavy (non-hydrogen) atoms. The van der Waals surface area contributed by atoms with Crippen molar-refractivity contribution in [2.45, 2.75) is 45.3 Å². The Balaban J connectivity index is 1.49. The van der Waals surface area contributed by atoms with E-state index in [-0.39, 0.29) is 12.2 Å². The van der Waals surface area contributed by atoms with Gasteiger partial charge in [-0.25, -0.2) is 4.98 Å². The number of allylic oxidation sites excluding steroid dienone is 2. The number of ether oxygens (including phenoxy) is 1.